The number of halogens is 2. The molecule has 4 heteroatoms. The first-order valence-corrected chi connectivity index (χ1v) is 6.07. The van der Waals surface area contributed by atoms with Crippen molar-refractivity contribution >= 4 is 11.6 Å². The highest BCUT2D eigenvalue weighted by Gasteiger charge is 2.13. The summed E-state index contributed by atoms with van der Waals surface area (Å²) in [5.74, 6) is -0.476. The maximum Gasteiger partial charge on any atom is 0.130 e. The molecule has 1 aromatic heterocycles. The fourth-order valence-corrected chi connectivity index (χ4v) is 1.92. The Morgan fingerprint density at radius 1 is 1.28 bits per heavy atom. The van der Waals surface area contributed by atoms with Crippen LogP contribution in [0.15, 0.2) is 42.6 Å². The van der Waals surface area contributed by atoms with Crippen LogP contribution in [0, 0.1) is 5.82 Å². The second-order valence-electron chi connectivity index (χ2n) is 4.04. The number of aromatic nitrogens is 1. The Kier molecular flexibility index (Phi) is 4.28. The lowest BCUT2D eigenvalue weighted by Gasteiger charge is -2.11. The minimum atomic E-state index is -0.843. The molecule has 94 valence electrons. The summed E-state index contributed by atoms with van der Waals surface area (Å²) < 4.78 is 13.6. The van der Waals surface area contributed by atoms with Gasteiger partial charge in [0.15, 0.2) is 0 Å². The molecule has 1 atom stereocenters. The SMILES string of the molecule is OC(CCc1ccccn1)c1ccc(Cl)cc1F. The van der Waals surface area contributed by atoms with E-state index in [4.69, 9.17) is 11.6 Å². The van der Waals surface area contributed by atoms with Crippen molar-refractivity contribution in [1.82, 2.24) is 4.98 Å². The van der Waals surface area contributed by atoms with Gasteiger partial charge in [-0.05, 0) is 37.1 Å². The van der Waals surface area contributed by atoms with Crippen LogP contribution < -0.4 is 0 Å². The lowest BCUT2D eigenvalue weighted by Crippen LogP contribution is -2.03. The summed E-state index contributed by atoms with van der Waals surface area (Å²) in [7, 11) is 0. The molecule has 0 fully saturated rings. The fourth-order valence-electron chi connectivity index (χ4n) is 1.76. The number of hydrogen-bond donors (Lipinski definition) is 1. The molecule has 0 spiro atoms. The zero-order valence-electron chi connectivity index (χ0n) is 9.68. The van der Waals surface area contributed by atoms with E-state index in [1.54, 1.807) is 12.3 Å². The summed E-state index contributed by atoms with van der Waals surface area (Å²) in [6.45, 7) is 0. The molecule has 1 aromatic carbocycles. The van der Waals surface area contributed by atoms with Crippen molar-refractivity contribution in [3.63, 3.8) is 0 Å². The number of benzene rings is 1. The molecule has 2 rings (SSSR count). The van der Waals surface area contributed by atoms with Crippen molar-refractivity contribution in [2.24, 2.45) is 0 Å². The lowest BCUT2D eigenvalue weighted by molar-refractivity contribution is 0.163. The monoisotopic (exact) mass is 265 g/mol. The second-order valence-corrected chi connectivity index (χ2v) is 4.48. The average molecular weight is 266 g/mol. The van der Waals surface area contributed by atoms with Gasteiger partial charge in [-0.1, -0.05) is 23.7 Å². The van der Waals surface area contributed by atoms with Crippen LogP contribution in [0.25, 0.3) is 0 Å². The first kappa shape index (κ1) is 13.0. The topological polar surface area (TPSA) is 33.1 Å². The van der Waals surface area contributed by atoms with Gasteiger partial charge in [-0.15, -0.1) is 0 Å². The highest BCUT2D eigenvalue weighted by atomic mass is 35.5. The van der Waals surface area contributed by atoms with Crippen molar-refractivity contribution < 1.29 is 9.50 Å². The number of hydrogen-bond acceptors (Lipinski definition) is 2. The van der Waals surface area contributed by atoms with Gasteiger partial charge in [-0.25, -0.2) is 4.39 Å². The Balaban J connectivity index is 2.01. The molecule has 2 aromatic rings. The maximum absolute atomic E-state index is 13.6. The number of aryl methyl sites for hydroxylation is 1. The van der Waals surface area contributed by atoms with Crippen LogP contribution >= 0.6 is 11.6 Å². The van der Waals surface area contributed by atoms with E-state index >= 15 is 0 Å². The summed E-state index contributed by atoms with van der Waals surface area (Å²) in [5, 5.41) is 10.3. The number of rotatable bonds is 4. The average Bonchev–Trinajstić information content (AvgIpc) is 2.37. The summed E-state index contributed by atoms with van der Waals surface area (Å²) in [6, 6.07) is 9.90. The van der Waals surface area contributed by atoms with E-state index in [2.05, 4.69) is 4.98 Å². The second kappa shape index (κ2) is 5.94. The normalized spacial score (nSPS) is 12.4. The molecule has 1 heterocycles. The van der Waals surface area contributed by atoms with Crippen LogP contribution in [0.2, 0.25) is 5.02 Å². The van der Waals surface area contributed by atoms with Crippen LogP contribution in [0.3, 0.4) is 0 Å². The first-order valence-electron chi connectivity index (χ1n) is 5.70. The number of aliphatic hydroxyl groups excluding tert-OH is 1. The molecule has 1 unspecified atom stereocenters. The van der Waals surface area contributed by atoms with Crippen LogP contribution in [0.4, 0.5) is 4.39 Å². The van der Waals surface area contributed by atoms with Gasteiger partial charge in [0.2, 0.25) is 0 Å². The molecule has 0 saturated carbocycles. The molecule has 0 aliphatic rings. The molecule has 0 aliphatic heterocycles. The molecule has 0 saturated heterocycles. The van der Waals surface area contributed by atoms with E-state index in [0.717, 1.165) is 5.69 Å². The van der Waals surface area contributed by atoms with Crippen molar-refractivity contribution in [2.75, 3.05) is 0 Å². The van der Waals surface area contributed by atoms with E-state index in [1.165, 1.54) is 12.1 Å². The third-order valence-corrected chi connectivity index (χ3v) is 2.96. The van der Waals surface area contributed by atoms with E-state index < -0.39 is 11.9 Å². The molecule has 0 radical (unpaired) electrons. The van der Waals surface area contributed by atoms with Gasteiger partial charge >= 0.3 is 0 Å². The predicted molar refractivity (Wildman–Crippen MR) is 68.9 cm³/mol. The highest BCUT2D eigenvalue weighted by molar-refractivity contribution is 6.30. The highest BCUT2D eigenvalue weighted by Crippen LogP contribution is 2.23. The molecular formula is C14H13ClFNO. The summed E-state index contributed by atoms with van der Waals surface area (Å²) in [5.41, 5.74) is 1.15. The molecule has 0 aliphatic carbocycles. The quantitative estimate of drug-likeness (QED) is 0.917. The first-order chi connectivity index (χ1) is 8.66. The van der Waals surface area contributed by atoms with Gasteiger partial charge in [-0.3, -0.25) is 4.98 Å². The lowest BCUT2D eigenvalue weighted by atomic mass is 10.0. The van der Waals surface area contributed by atoms with Crippen LogP contribution in [-0.2, 0) is 6.42 Å². The summed E-state index contributed by atoms with van der Waals surface area (Å²) >= 11 is 5.66. The van der Waals surface area contributed by atoms with Gasteiger partial charge in [-0.2, -0.15) is 0 Å². The molecule has 0 bridgehead atoms. The smallest absolute Gasteiger partial charge is 0.130 e. The largest absolute Gasteiger partial charge is 0.388 e. The third-order valence-electron chi connectivity index (χ3n) is 2.72. The Morgan fingerprint density at radius 2 is 2.11 bits per heavy atom. The van der Waals surface area contributed by atoms with Crippen LogP contribution in [-0.4, -0.2) is 10.1 Å². The Hall–Kier alpha value is -1.45. The summed E-state index contributed by atoms with van der Waals surface area (Å²) in [6.07, 6.45) is 1.88. The van der Waals surface area contributed by atoms with Crippen molar-refractivity contribution in [3.05, 3.63) is 64.7 Å². The van der Waals surface area contributed by atoms with Gasteiger partial charge in [0, 0.05) is 22.5 Å². The number of pyridine rings is 1. The van der Waals surface area contributed by atoms with E-state index in [1.807, 2.05) is 18.2 Å². The minimum Gasteiger partial charge on any atom is -0.388 e. The van der Waals surface area contributed by atoms with E-state index in [9.17, 15) is 9.50 Å². The fraction of sp³-hybridized carbons (Fsp3) is 0.214. The van der Waals surface area contributed by atoms with Crippen LogP contribution in [0.5, 0.6) is 0 Å². The van der Waals surface area contributed by atoms with E-state index in [0.29, 0.717) is 17.9 Å². The zero-order chi connectivity index (χ0) is 13.0. The third kappa shape index (κ3) is 3.28. The van der Waals surface area contributed by atoms with Crippen molar-refractivity contribution in [2.45, 2.75) is 18.9 Å². The Bertz CT molecular complexity index is 518. The van der Waals surface area contributed by atoms with E-state index in [-0.39, 0.29) is 5.56 Å². The summed E-state index contributed by atoms with van der Waals surface area (Å²) in [4.78, 5) is 4.15. The molecular weight excluding hydrogens is 253 g/mol. The van der Waals surface area contributed by atoms with Crippen molar-refractivity contribution in [1.29, 1.82) is 0 Å². The molecule has 18 heavy (non-hydrogen) atoms. The van der Waals surface area contributed by atoms with Gasteiger partial charge < -0.3 is 5.11 Å². The standard InChI is InChI=1S/C14H13ClFNO/c15-10-4-6-12(13(16)9-10)14(18)7-5-11-3-1-2-8-17-11/h1-4,6,8-9,14,18H,5,7H2. The number of nitrogens with zero attached hydrogens (tertiary/aromatic N) is 1. The van der Waals surface area contributed by atoms with Gasteiger partial charge in [0.1, 0.15) is 5.82 Å². The van der Waals surface area contributed by atoms with Crippen LogP contribution in [0.1, 0.15) is 23.8 Å². The zero-order valence-corrected chi connectivity index (χ0v) is 10.4. The molecule has 1 N–H and O–H groups in total. The maximum atomic E-state index is 13.6. The van der Waals surface area contributed by atoms with Crippen molar-refractivity contribution in [3.8, 4) is 0 Å². The minimum absolute atomic E-state index is 0.273. The Labute approximate surface area is 110 Å². The Morgan fingerprint density at radius 3 is 2.78 bits per heavy atom. The number of aliphatic hydroxyl groups is 1. The molecule has 2 nitrogen and oxygen atoms in total. The predicted octanol–water partition coefficient (Wildman–Crippen LogP) is 3.54. The van der Waals surface area contributed by atoms with Gasteiger partial charge in [0.25, 0.3) is 0 Å². The molecule has 0 amide bonds. The van der Waals surface area contributed by atoms with Gasteiger partial charge in [0.05, 0.1) is 6.10 Å².